The number of methoxy groups -OCH3 is 2. The minimum Gasteiger partial charge on any atom is -0.493 e. The summed E-state index contributed by atoms with van der Waals surface area (Å²) < 4.78 is 21.2. The van der Waals surface area contributed by atoms with Crippen molar-refractivity contribution >= 4 is 11.6 Å². The van der Waals surface area contributed by atoms with Crippen molar-refractivity contribution in [2.75, 3.05) is 34.0 Å². The number of nitro benzene ring substituents is 1. The summed E-state index contributed by atoms with van der Waals surface area (Å²) in [6.45, 7) is 2.39. The van der Waals surface area contributed by atoms with E-state index in [1.807, 2.05) is 6.07 Å². The Hall–Kier alpha value is -3.49. The molecule has 1 amide bonds. The van der Waals surface area contributed by atoms with Crippen LogP contribution in [0, 0.1) is 10.1 Å². The molecule has 0 aliphatic rings. The molecule has 0 unspecified atom stereocenters. The maximum Gasteiger partial charge on any atom is 0.286 e. The maximum atomic E-state index is 12.5. The lowest BCUT2D eigenvalue weighted by Crippen LogP contribution is -2.28. The Kier molecular flexibility index (Phi) is 7.44. The molecule has 0 saturated heterocycles. The lowest BCUT2D eigenvalue weighted by molar-refractivity contribution is -0.385. The van der Waals surface area contributed by atoms with Gasteiger partial charge >= 0.3 is 0 Å². The standard InChI is InChI=1S/C19H22N2O7/c1-4-27-18-11-13(14(21(23)24)12-17(18)26-3)19(22)20-9-10-28-16-8-6-5-7-15(16)25-2/h5-8,11-12H,4,9-10H2,1-3H3,(H,20,22). The zero-order valence-corrected chi connectivity index (χ0v) is 15.9. The monoisotopic (exact) mass is 390 g/mol. The lowest BCUT2D eigenvalue weighted by atomic mass is 10.1. The van der Waals surface area contributed by atoms with Gasteiger partial charge in [0.2, 0.25) is 0 Å². The van der Waals surface area contributed by atoms with Gasteiger partial charge in [-0.05, 0) is 19.1 Å². The van der Waals surface area contributed by atoms with Crippen LogP contribution >= 0.6 is 0 Å². The van der Waals surface area contributed by atoms with Crippen molar-refractivity contribution in [2.24, 2.45) is 0 Å². The van der Waals surface area contributed by atoms with E-state index < -0.39 is 10.8 Å². The molecule has 0 fully saturated rings. The molecule has 0 bridgehead atoms. The summed E-state index contributed by atoms with van der Waals surface area (Å²) in [5.74, 6) is 0.934. The van der Waals surface area contributed by atoms with Crippen molar-refractivity contribution in [2.45, 2.75) is 6.92 Å². The quantitative estimate of drug-likeness (QED) is 0.377. The first kappa shape index (κ1) is 20.8. The molecule has 2 aromatic rings. The summed E-state index contributed by atoms with van der Waals surface area (Å²) in [7, 11) is 2.90. The van der Waals surface area contributed by atoms with E-state index in [2.05, 4.69) is 5.32 Å². The zero-order chi connectivity index (χ0) is 20.5. The van der Waals surface area contributed by atoms with E-state index in [1.54, 1.807) is 25.1 Å². The first-order valence-electron chi connectivity index (χ1n) is 8.55. The summed E-state index contributed by atoms with van der Waals surface area (Å²) in [6, 6.07) is 9.58. The summed E-state index contributed by atoms with van der Waals surface area (Å²) in [5, 5.41) is 13.9. The van der Waals surface area contributed by atoms with Gasteiger partial charge in [-0.2, -0.15) is 0 Å². The molecular formula is C19H22N2O7. The SMILES string of the molecule is CCOc1cc(C(=O)NCCOc2ccccc2OC)c([N+](=O)[O-])cc1OC. The van der Waals surface area contributed by atoms with E-state index in [-0.39, 0.29) is 35.9 Å². The molecule has 0 heterocycles. The van der Waals surface area contributed by atoms with Gasteiger partial charge in [0.1, 0.15) is 12.2 Å². The van der Waals surface area contributed by atoms with Crippen LogP contribution in [0.25, 0.3) is 0 Å². The van der Waals surface area contributed by atoms with Crippen LogP contribution in [0.5, 0.6) is 23.0 Å². The molecule has 0 spiro atoms. The van der Waals surface area contributed by atoms with Crippen molar-refractivity contribution in [3.63, 3.8) is 0 Å². The molecule has 2 rings (SSSR count). The Morgan fingerprint density at radius 1 is 1.04 bits per heavy atom. The fourth-order valence-corrected chi connectivity index (χ4v) is 2.47. The van der Waals surface area contributed by atoms with Crippen molar-refractivity contribution < 1.29 is 28.7 Å². The first-order valence-corrected chi connectivity index (χ1v) is 8.55. The summed E-state index contributed by atoms with van der Waals surface area (Å²) >= 11 is 0. The highest BCUT2D eigenvalue weighted by atomic mass is 16.6. The molecule has 1 N–H and O–H groups in total. The molecule has 9 heteroatoms. The topological polar surface area (TPSA) is 109 Å². The van der Waals surface area contributed by atoms with E-state index in [0.29, 0.717) is 18.1 Å². The van der Waals surface area contributed by atoms with E-state index in [9.17, 15) is 14.9 Å². The third kappa shape index (κ3) is 5.03. The van der Waals surface area contributed by atoms with Crippen LogP contribution < -0.4 is 24.3 Å². The number of hydrogen-bond donors (Lipinski definition) is 1. The Bertz CT molecular complexity index is 839. The van der Waals surface area contributed by atoms with Crippen molar-refractivity contribution in [3.8, 4) is 23.0 Å². The molecule has 0 radical (unpaired) electrons. The number of carbonyl (C=O) groups is 1. The normalized spacial score (nSPS) is 10.1. The summed E-state index contributed by atoms with van der Waals surface area (Å²) in [6.07, 6.45) is 0. The lowest BCUT2D eigenvalue weighted by Gasteiger charge is -2.13. The third-order valence-electron chi connectivity index (χ3n) is 3.74. The molecule has 0 aromatic heterocycles. The number of para-hydroxylation sites is 2. The predicted molar refractivity (Wildman–Crippen MR) is 102 cm³/mol. The molecule has 9 nitrogen and oxygen atoms in total. The largest absolute Gasteiger partial charge is 0.493 e. The minimum absolute atomic E-state index is 0.119. The third-order valence-corrected chi connectivity index (χ3v) is 3.74. The number of benzene rings is 2. The molecule has 0 aliphatic carbocycles. The number of nitro groups is 1. The van der Waals surface area contributed by atoms with Crippen LogP contribution in [0.3, 0.4) is 0 Å². The van der Waals surface area contributed by atoms with Crippen LogP contribution in [-0.2, 0) is 0 Å². The van der Waals surface area contributed by atoms with E-state index in [1.165, 1.54) is 26.4 Å². The number of carbonyl (C=O) groups excluding carboxylic acids is 1. The Morgan fingerprint density at radius 3 is 2.32 bits per heavy atom. The summed E-state index contributed by atoms with van der Waals surface area (Å²) in [4.78, 5) is 23.2. The Morgan fingerprint density at radius 2 is 1.71 bits per heavy atom. The molecule has 0 aliphatic heterocycles. The van der Waals surface area contributed by atoms with Crippen LogP contribution in [0.1, 0.15) is 17.3 Å². The highest BCUT2D eigenvalue weighted by molar-refractivity contribution is 5.99. The number of nitrogens with zero attached hydrogens (tertiary/aromatic N) is 1. The zero-order valence-electron chi connectivity index (χ0n) is 15.9. The number of amides is 1. The van der Waals surface area contributed by atoms with Gasteiger partial charge in [-0.1, -0.05) is 12.1 Å². The van der Waals surface area contributed by atoms with E-state index in [0.717, 1.165) is 0 Å². The van der Waals surface area contributed by atoms with Gasteiger partial charge in [0, 0.05) is 6.07 Å². The highest BCUT2D eigenvalue weighted by Gasteiger charge is 2.24. The number of rotatable bonds is 10. The molecular weight excluding hydrogens is 368 g/mol. The van der Waals surface area contributed by atoms with Crippen molar-refractivity contribution in [1.29, 1.82) is 0 Å². The fraction of sp³-hybridized carbons (Fsp3) is 0.316. The molecule has 2 aromatic carbocycles. The maximum absolute atomic E-state index is 12.5. The highest BCUT2D eigenvalue weighted by Crippen LogP contribution is 2.34. The first-order chi connectivity index (χ1) is 13.5. The van der Waals surface area contributed by atoms with Gasteiger partial charge in [0.15, 0.2) is 23.0 Å². The second-order valence-electron chi connectivity index (χ2n) is 5.47. The smallest absolute Gasteiger partial charge is 0.286 e. The average Bonchev–Trinajstić information content (AvgIpc) is 2.71. The molecule has 0 atom stereocenters. The minimum atomic E-state index is -0.640. The number of nitrogens with one attached hydrogen (secondary N) is 1. The predicted octanol–water partition coefficient (Wildman–Crippen LogP) is 2.82. The van der Waals surface area contributed by atoms with Gasteiger partial charge < -0.3 is 24.3 Å². The average molecular weight is 390 g/mol. The van der Waals surface area contributed by atoms with E-state index in [4.69, 9.17) is 18.9 Å². The van der Waals surface area contributed by atoms with Gasteiger partial charge in [-0.25, -0.2) is 0 Å². The second kappa shape index (κ2) is 10.0. The van der Waals surface area contributed by atoms with Crippen molar-refractivity contribution in [3.05, 3.63) is 52.1 Å². The number of hydrogen-bond acceptors (Lipinski definition) is 7. The van der Waals surface area contributed by atoms with Gasteiger partial charge in [-0.15, -0.1) is 0 Å². The Balaban J connectivity index is 2.08. The van der Waals surface area contributed by atoms with Crippen LogP contribution in [0.15, 0.2) is 36.4 Å². The number of ether oxygens (including phenoxy) is 4. The summed E-state index contributed by atoms with van der Waals surface area (Å²) in [5.41, 5.74) is -0.491. The molecule has 150 valence electrons. The second-order valence-corrected chi connectivity index (χ2v) is 5.47. The van der Waals surface area contributed by atoms with Gasteiger partial charge in [-0.3, -0.25) is 14.9 Å². The fourth-order valence-electron chi connectivity index (χ4n) is 2.47. The van der Waals surface area contributed by atoms with Crippen LogP contribution in [0.4, 0.5) is 5.69 Å². The Labute approximate surface area is 162 Å². The molecule has 0 saturated carbocycles. The van der Waals surface area contributed by atoms with Crippen LogP contribution in [0.2, 0.25) is 0 Å². The molecule has 28 heavy (non-hydrogen) atoms. The van der Waals surface area contributed by atoms with Gasteiger partial charge in [0.25, 0.3) is 11.6 Å². The van der Waals surface area contributed by atoms with Gasteiger partial charge in [0.05, 0.1) is 38.4 Å². The van der Waals surface area contributed by atoms with Crippen LogP contribution in [-0.4, -0.2) is 44.8 Å². The van der Waals surface area contributed by atoms with E-state index >= 15 is 0 Å². The van der Waals surface area contributed by atoms with Crippen molar-refractivity contribution in [1.82, 2.24) is 5.32 Å².